The summed E-state index contributed by atoms with van der Waals surface area (Å²) in [6.45, 7) is 7.75. The summed E-state index contributed by atoms with van der Waals surface area (Å²) in [5.41, 5.74) is 6.32. The number of rotatable bonds is 11. The SMILES string of the molecule is CCCCCCNC(N)=NCC1(CCOCC)CCCC1.I. The molecule has 0 atom stereocenters. The van der Waals surface area contributed by atoms with E-state index in [2.05, 4.69) is 24.2 Å². The number of guanidine groups is 1. The molecule has 1 fully saturated rings. The molecule has 1 saturated carbocycles. The molecule has 0 unspecified atom stereocenters. The molecule has 0 aliphatic heterocycles. The fraction of sp³-hybridized carbons (Fsp3) is 0.941. The second kappa shape index (κ2) is 13.4. The minimum atomic E-state index is 0. The first-order chi connectivity index (χ1) is 10.2. The topological polar surface area (TPSA) is 59.6 Å². The lowest BCUT2D eigenvalue weighted by molar-refractivity contribution is 0.107. The number of aliphatic imine (C=N–C) groups is 1. The van der Waals surface area contributed by atoms with Gasteiger partial charge in [0.2, 0.25) is 0 Å². The molecule has 3 N–H and O–H groups in total. The second-order valence-corrected chi connectivity index (χ2v) is 6.34. The average Bonchev–Trinajstić information content (AvgIpc) is 2.95. The van der Waals surface area contributed by atoms with Gasteiger partial charge >= 0.3 is 0 Å². The quantitative estimate of drug-likeness (QED) is 0.227. The van der Waals surface area contributed by atoms with Crippen molar-refractivity contribution in [1.82, 2.24) is 5.32 Å². The summed E-state index contributed by atoms with van der Waals surface area (Å²) >= 11 is 0. The van der Waals surface area contributed by atoms with Crippen LogP contribution < -0.4 is 11.1 Å². The predicted octanol–water partition coefficient (Wildman–Crippen LogP) is 4.08. The van der Waals surface area contributed by atoms with Crippen LogP contribution in [0.1, 0.15) is 71.6 Å². The van der Waals surface area contributed by atoms with Crippen molar-refractivity contribution in [3.05, 3.63) is 0 Å². The van der Waals surface area contributed by atoms with Crippen LogP contribution in [-0.2, 0) is 4.74 Å². The van der Waals surface area contributed by atoms with Gasteiger partial charge in [0.1, 0.15) is 0 Å². The minimum Gasteiger partial charge on any atom is -0.382 e. The Balaban J connectivity index is 0.00000441. The van der Waals surface area contributed by atoms with E-state index in [9.17, 15) is 0 Å². The highest BCUT2D eigenvalue weighted by molar-refractivity contribution is 14.0. The van der Waals surface area contributed by atoms with Gasteiger partial charge in [0.25, 0.3) is 0 Å². The number of halogens is 1. The number of hydrogen-bond donors (Lipinski definition) is 2. The third-order valence-electron chi connectivity index (χ3n) is 4.57. The van der Waals surface area contributed by atoms with Gasteiger partial charge in [-0.15, -0.1) is 24.0 Å². The number of unbranched alkanes of at least 4 members (excludes halogenated alkanes) is 3. The van der Waals surface area contributed by atoms with Crippen LogP contribution in [0, 0.1) is 5.41 Å². The van der Waals surface area contributed by atoms with Crippen molar-refractivity contribution < 1.29 is 4.74 Å². The van der Waals surface area contributed by atoms with Crippen LogP contribution in [0.2, 0.25) is 0 Å². The van der Waals surface area contributed by atoms with Crippen molar-refractivity contribution >= 4 is 29.9 Å². The first kappa shape index (κ1) is 22.0. The molecular weight excluding hydrogens is 389 g/mol. The molecule has 0 aromatic carbocycles. The summed E-state index contributed by atoms with van der Waals surface area (Å²) in [6, 6.07) is 0. The van der Waals surface area contributed by atoms with E-state index >= 15 is 0 Å². The number of hydrogen-bond acceptors (Lipinski definition) is 2. The van der Waals surface area contributed by atoms with Crippen molar-refractivity contribution in [2.75, 3.05) is 26.3 Å². The van der Waals surface area contributed by atoms with Crippen molar-refractivity contribution in [2.24, 2.45) is 16.1 Å². The van der Waals surface area contributed by atoms with Gasteiger partial charge in [0.15, 0.2) is 5.96 Å². The highest BCUT2D eigenvalue weighted by atomic mass is 127. The number of ether oxygens (including phenoxy) is 1. The molecule has 132 valence electrons. The standard InChI is InChI=1S/C17H35N3O.HI/c1-3-5-6-9-13-19-16(18)20-15-17(10-7-8-11-17)12-14-21-4-2;/h3-15H2,1-2H3,(H3,18,19,20);1H. The molecule has 1 aliphatic carbocycles. The van der Waals surface area contributed by atoms with E-state index in [-0.39, 0.29) is 24.0 Å². The van der Waals surface area contributed by atoms with E-state index in [0.29, 0.717) is 11.4 Å². The van der Waals surface area contributed by atoms with Crippen LogP contribution in [0.25, 0.3) is 0 Å². The average molecular weight is 425 g/mol. The Hall–Kier alpha value is -0.0400. The molecule has 1 rings (SSSR count). The Kier molecular flexibility index (Phi) is 13.4. The molecule has 0 aromatic rings. The van der Waals surface area contributed by atoms with Crippen molar-refractivity contribution in [1.29, 1.82) is 0 Å². The molecule has 0 heterocycles. The van der Waals surface area contributed by atoms with E-state index < -0.39 is 0 Å². The van der Waals surface area contributed by atoms with E-state index in [0.717, 1.165) is 32.7 Å². The predicted molar refractivity (Wildman–Crippen MR) is 106 cm³/mol. The molecule has 0 bridgehead atoms. The molecule has 0 spiro atoms. The lowest BCUT2D eigenvalue weighted by atomic mass is 9.83. The van der Waals surface area contributed by atoms with Crippen LogP contribution in [0.4, 0.5) is 0 Å². The largest absolute Gasteiger partial charge is 0.382 e. The smallest absolute Gasteiger partial charge is 0.188 e. The zero-order chi connectivity index (χ0) is 15.4. The maximum absolute atomic E-state index is 5.99. The number of nitrogens with one attached hydrogen (secondary N) is 1. The Morgan fingerprint density at radius 3 is 2.55 bits per heavy atom. The third-order valence-corrected chi connectivity index (χ3v) is 4.57. The maximum Gasteiger partial charge on any atom is 0.188 e. The highest BCUT2D eigenvalue weighted by Crippen LogP contribution is 2.41. The lowest BCUT2D eigenvalue weighted by Gasteiger charge is -2.27. The van der Waals surface area contributed by atoms with Crippen LogP contribution >= 0.6 is 24.0 Å². The van der Waals surface area contributed by atoms with Gasteiger partial charge in [0, 0.05) is 26.3 Å². The van der Waals surface area contributed by atoms with Crippen molar-refractivity contribution in [2.45, 2.75) is 71.6 Å². The molecule has 0 saturated heterocycles. The van der Waals surface area contributed by atoms with Gasteiger partial charge in [-0.3, -0.25) is 4.99 Å². The van der Waals surface area contributed by atoms with Crippen LogP contribution in [0.5, 0.6) is 0 Å². The van der Waals surface area contributed by atoms with E-state index in [1.807, 2.05) is 0 Å². The maximum atomic E-state index is 5.99. The number of nitrogens with zero attached hydrogens (tertiary/aromatic N) is 1. The molecule has 4 nitrogen and oxygen atoms in total. The molecule has 5 heteroatoms. The van der Waals surface area contributed by atoms with Crippen LogP contribution in [0.15, 0.2) is 4.99 Å². The van der Waals surface area contributed by atoms with Gasteiger partial charge in [0.05, 0.1) is 0 Å². The highest BCUT2D eigenvalue weighted by Gasteiger charge is 2.33. The van der Waals surface area contributed by atoms with E-state index in [1.54, 1.807) is 0 Å². The van der Waals surface area contributed by atoms with Crippen LogP contribution in [0.3, 0.4) is 0 Å². The first-order valence-corrected chi connectivity index (χ1v) is 8.84. The van der Waals surface area contributed by atoms with Gasteiger partial charge in [-0.1, -0.05) is 39.0 Å². The minimum absolute atomic E-state index is 0. The van der Waals surface area contributed by atoms with Crippen LogP contribution in [-0.4, -0.2) is 32.3 Å². The molecule has 0 aromatic heterocycles. The summed E-state index contributed by atoms with van der Waals surface area (Å²) in [5, 5.41) is 3.25. The van der Waals surface area contributed by atoms with Crippen molar-refractivity contribution in [3.63, 3.8) is 0 Å². The molecule has 0 amide bonds. The zero-order valence-corrected chi connectivity index (χ0v) is 16.9. The number of nitrogens with two attached hydrogens (primary N) is 1. The second-order valence-electron chi connectivity index (χ2n) is 6.34. The molecule has 0 radical (unpaired) electrons. The summed E-state index contributed by atoms with van der Waals surface area (Å²) in [4.78, 5) is 4.60. The Bertz CT molecular complexity index is 292. The van der Waals surface area contributed by atoms with Gasteiger partial charge in [-0.05, 0) is 38.0 Å². The third kappa shape index (κ3) is 9.18. The zero-order valence-electron chi connectivity index (χ0n) is 14.5. The Labute approximate surface area is 154 Å². The normalized spacial score (nSPS) is 17.3. The fourth-order valence-electron chi connectivity index (χ4n) is 3.12. The summed E-state index contributed by atoms with van der Waals surface area (Å²) in [5.74, 6) is 0.620. The van der Waals surface area contributed by atoms with E-state index in [4.69, 9.17) is 10.5 Å². The van der Waals surface area contributed by atoms with Gasteiger partial charge < -0.3 is 15.8 Å². The first-order valence-electron chi connectivity index (χ1n) is 8.84. The van der Waals surface area contributed by atoms with E-state index in [1.165, 1.54) is 51.4 Å². The fourth-order valence-corrected chi connectivity index (χ4v) is 3.12. The molecule has 22 heavy (non-hydrogen) atoms. The summed E-state index contributed by atoms with van der Waals surface area (Å²) in [7, 11) is 0. The Morgan fingerprint density at radius 1 is 1.18 bits per heavy atom. The lowest BCUT2D eigenvalue weighted by Crippen LogP contribution is -2.34. The molecular formula is C17H36IN3O. The van der Waals surface area contributed by atoms with Gasteiger partial charge in [-0.25, -0.2) is 0 Å². The van der Waals surface area contributed by atoms with Crippen molar-refractivity contribution in [3.8, 4) is 0 Å². The summed E-state index contributed by atoms with van der Waals surface area (Å²) < 4.78 is 5.53. The monoisotopic (exact) mass is 425 g/mol. The summed E-state index contributed by atoms with van der Waals surface area (Å²) in [6.07, 6.45) is 11.3. The van der Waals surface area contributed by atoms with Gasteiger partial charge in [-0.2, -0.15) is 0 Å². The Morgan fingerprint density at radius 2 is 1.91 bits per heavy atom. The molecule has 1 aliphatic rings.